The maximum absolute atomic E-state index is 12.0. The highest BCUT2D eigenvalue weighted by Crippen LogP contribution is 2.28. The van der Waals surface area contributed by atoms with Crippen molar-refractivity contribution in [3.8, 4) is 0 Å². The Kier molecular flexibility index (Phi) is 5.59. The van der Waals surface area contributed by atoms with Crippen LogP contribution in [0.15, 0.2) is 0 Å². The van der Waals surface area contributed by atoms with Crippen molar-refractivity contribution in [2.45, 2.75) is 45.3 Å². The Morgan fingerprint density at radius 2 is 2.11 bits per heavy atom. The van der Waals surface area contributed by atoms with Gasteiger partial charge in [-0.3, -0.25) is 9.59 Å². The van der Waals surface area contributed by atoms with Crippen LogP contribution < -0.4 is 0 Å². The molecule has 0 aromatic heterocycles. The number of carbonyl (C=O) groups is 2. The van der Waals surface area contributed by atoms with Crippen LogP contribution in [0.25, 0.3) is 0 Å². The summed E-state index contributed by atoms with van der Waals surface area (Å²) in [6.45, 7) is 4.25. The van der Waals surface area contributed by atoms with E-state index < -0.39 is 12.0 Å². The van der Waals surface area contributed by atoms with Gasteiger partial charge in [-0.15, -0.1) is 0 Å². The Morgan fingerprint density at radius 3 is 2.50 bits per heavy atom. The van der Waals surface area contributed by atoms with Gasteiger partial charge in [0.2, 0.25) is 0 Å². The number of methoxy groups -OCH3 is 1. The Balaban J connectivity index is 2.88. The lowest BCUT2D eigenvalue weighted by Gasteiger charge is -2.32. The quantitative estimate of drug-likeness (QED) is 0.693. The number of nitrogens with zero attached hydrogens (tertiary/aromatic N) is 1. The second-order valence-electron chi connectivity index (χ2n) is 4.80. The fourth-order valence-electron chi connectivity index (χ4n) is 2.71. The largest absolute Gasteiger partial charge is 0.469 e. The molecule has 0 bridgehead atoms. The van der Waals surface area contributed by atoms with Gasteiger partial charge in [0.1, 0.15) is 12.0 Å². The summed E-state index contributed by atoms with van der Waals surface area (Å²) in [6.07, 6.45) is 2.21. The summed E-state index contributed by atoms with van der Waals surface area (Å²) >= 11 is 0. The third-order valence-corrected chi connectivity index (χ3v) is 3.59. The average Bonchev–Trinajstić information content (AvgIpc) is 2.74. The summed E-state index contributed by atoms with van der Waals surface area (Å²) < 4.78 is 10.2. The standard InChI is InChI=1S/C13H23NO4/c1-5-11(18-9(2)15)12(13(16)17-4)10-7-6-8-14(10)3/h10-12H,5-8H2,1-4H3/t10?,11-,12?/m0/s1. The molecule has 5 heteroatoms. The van der Waals surface area contributed by atoms with E-state index in [1.807, 2.05) is 14.0 Å². The zero-order valence-corrected chi connectivity index (χ0v) is 11.6. The first-order valence-corrected chi connectivity index (χ1v) is 6.46. The highest BCUT2D eigenvalue weighted by molar-refractivity contribution is 5.75. The van der Waals surface area contributed by atoms with Gasteiger partial charge in [0, 0.05) is 13.0 Å². The molecule has 0 radical (unpaired) electrons. The molecule has 5 nitrogen and oxygen atoms in total. The van der Waals surface area contributed by atoms with Gasteiger partial charge in [-0.05, 0) is 32.9 Å². The highest BCUT2D eigenvalue weighted by Gasteiger charge is 2.41. The number of ether oxygens (including phenoxy) is 2. The van der Waals surface area contributed by atoms with E-state index in [9.17, 15) is 9.59 Å². The molecule has 104 valence electrons. The van der Waals surface area contributed by atoms with E-state index >= 15 is 0 Å². The molecule has 0 aromatic carbocycles. The molecule has 0 aliphatic carbocycles. The second kappa shape index (κ2) is 6.73. The minimum absolute atomic E-state index is 0.0988. The van der Waals surface area contributed by atoms with Crippen LogP contribution in [-0.4, -0.2) is 49.7 Å². The summed E-state index contributed by atoms with van der Waals surface area (Å²) in [7, 11) is 3.37. The van der Waals surface area contributed by atoms with Crippen LogP contribution in [0.4, 0.5) is 0 Å². The van der Waals surface area contributed by atoms with Crippen LogP contribution in [0.1, 0.15) is 33.1 Å². The molecule has 0 spiro atoms. The van der Waals surface area contributed by atoms with Crippen LogP contribution in [0, 0.1) is 5.92 Å². The molecular weight excluding hydrogens is 234 g/mol. The first-order valence-electron chi connectivity index (χ1n) is 6.46. The minimum Gasteiger partial charge on any atom is -0.469 e. The fourth-order valence-corrected chi connectivity index (χ4v) is 2.71. The molecule has 0 aromatic rings. The van der Waals surface area contributed by atoms with Crippen molar-refractivity contribution in [3.63, 3.8) is 0 Å². The lowest BCUT2D eigenvalue weighted by molar-refractivity contribution is -0.162. The second-order valence-corrected chi connectivity index (χ2v) is 4.80. The van der Waals surface area contributed by atoms with E-state index in [0.717, 1.165) is 19.4 Å². The van der Waals surface area contributed by atoms with Crippen molar-refractivity contribution in [2.75, 3.05) is 20.7 Å². The van der Waals surface area contributed by atoms with E-state index in [4.69, 9.17) is 9.47 Å². The zero-order chi connectivity index (χ0) is 13.7. The van der Waals surface area contributed by atoms with Crippen LogP contribution in [0.3, 0.4) is 0 Å². The number of rotatable bonds is 5. The molecule has 1 saturated heterocycles. The fraction of sp³-hybridized carbons (Fsp3) is 0.846. The maximum atomic E-state index is 12.0. The van der Waals surface area contributed by atoms with E-state index in [1.54, 1.807) is 0 Å². The van der Waals surface area contributed by atoms with Crippen molar-refractivity contribution in [1.82, 2.24) is 4.90 Å². The molecule has 1 fully saturated rings. The van der Waals surface area contributed by atoms with Crippen molar-refractivity contribution in [3.05, 3.63) is 0 Å². The molecule has 0 amide bonds. The highest BCUT2D eigenvalue weighted by atomic mass is 16.6. The Hall–Kier alpha value is -1.10. The maximum Gasteiger partial charge on any atom is 0.314 e. The predicted molar refractivity (Wildman–Crippen MR) is 67.0 cm³/mol. The van der Waals surface area contributed by atoms with E-state index in [-0.39, 0.29) is 18.0 Å². The summed E-state index contributed by atoms with van der Waals surface area (Å²) in [5.41, 5.74) is 0. The molecule has 3 atom stereocenters. The number of esters is 2. The molecule has 1 rings (SSSR count). The average molecular weight is 257 g/mol. The summed E-state index contributed by atoms with van der Waals surface area (Å²) in [5.74, 6) is -1.03. The first kappa shape index (κ1) is 15.0. The SMILES string of the molecule is CC[C@H](OC(C)=O)C(C(=O)OC)C1CCCN1C. The van der Waals surface area contributed by atoms with Crippen molar-refractivity contribution in [2.24, 2.45) is 5.92 Å². The summed E-state index contributed by atoms with van der Waals surface area (Å²) in [6, 6.07) is 0.0988. The van der Waals surface area contributed by atoms with E-state index in [0.29, 0.717) is 6.42 Å². The van der Waals surface area contributed by atoms with Crippen LogP contribution in [0.5, 0.6) is 0 Å². The molecular formula is C13H23NO4. The van der Waals surface area contributed by atoms with Gasteiger partial charge in [0.25, 0.3) is 0 Å². The third-order valence-electron chi connectivity index (χ3n) is 3.59. The summed E-state index contributed by atoms with van der Waals surface area (Å²) in [5, 5.41) is 0. The van der Waals surface area contributed by atoms with Crippen LogP contribution in [0.2, 0.25) is 0 Å². The Bertz CT molecular complexity index is 305. The molecule has 1 aliphatic rings. The van der Waals surface area contributed by atoms with Crippen LogP contribution in [-0.2, 0) is 19.1 Å². The van der Waals surface area contributed by atoms with Gasteiger partial charge in [-0.1, -0.05) is 6.92 Å². The van der Waals surface area contributed by atoms with Crippen molar-refractivity contribution >= 4 is 11.9 Å². The molecule has 0 N–H and O–H groups in total. The van der Waals surface area contributed by atoms with Crippen LogP contribution >= 0.6 is 0 Å². The normalized spacial score (nSPS) is 23.4. The molecule has 1 aliphatic heterocycles. The smallest absolute Gasteiger partial charge is 0.314 e. The third kappa shape index (κ3) is 3.45. The lowest BCUT2D eigenvalue weighted by Crippen LogP contribution is -2.45. The van der Waals surface area contributed by atoms with Gasteiger partial charge in [0.15, 0.2) is 0 Å². The van der Waals surface area contributed by atoms with Gasteiger partial charge in [-0.2, -0.15) is 0 Å². The van der Waals surface area contributed by atoms with Gasteiger partial charge >= 0.3 is 11.9 Å². The van der Waals surface area contributed by atoms with Crippen molar-refractivity contribution in [1.29, 1.82) is 0 Å². The van der Waals surface area contributed by atoms with Crippen molar-refractivity contribution < 1.29 is 19.1 Å². The monoisotopic (exact) mass is 257 g/mol. The van der Waals surface area contributed by atoms with Gasteiger partial charge in [0.05, 0.1) is 7.11 Å². The topological polar surface area (TPSA) is 55.8 Å². The molecule has 1 heterocycles. The van der Waals surface area contributed by atoms with E-state index in [2.05, 4.69) is 4.90 Å². The number of likely N-dealkylation sites (tertiary alicyclic amines) is 1. The van der Waals surface area contributed by atoms with Gasteiger partial charge in [-0.25, -0.2) is 0 Å². The molecule has 0 saturated carbocycles. The predicted octanol–water partition coefficient (Wildman–Crippen LogP) is 1.21. The van der Waals surface area contributed by atoms with Gasteiger partial charge < -0.3 is 14.4 Å². The number of hydrogen-bond acceptors (Lipinski definition) is 5. The first-order chi connectivity index (χ1) is 8.51. The van der Waals surface area contributed by atoms with E-state index in [1.165, 1.54) is 14.0 Å². The molecule has 18 heavy (non-hydrogen) atoms. The summed E-state index contributed by atoms with van der Waals surface area (Å²) in [4.78, 5) is 25.3. The lowest BCUT2D eigenvalue weighted by atomic mass is 9.90. The number of hydrogen-bond donors (Lipinski definition) is 0. The number of carbonyl (C=O) groups excluding carboxylic acids is 2. The molecule has 2 unspecified atom stereocenters. The minimum atomic E-state index is -0.402. The Labute approximate surface area is 108 Å². The zero-order valence-electron chi connectivity index (χ0n) is 11.6. The Morgan fingerprint density at radius 1 is 1.44 bits per heavy atom.